The van der Waals surface area contributed by atoms with E-state index in [1.807, 2.05) is 0 Å². The largest absolute Gasteiger partial charge is 0.304 e. The summed E-state index contributed by atoms with van der Waals surface area (Å²) in [6.45, 7) is 6.06. The number of hydrogen-bond donors (Lipinski definition) is 0. The third-order valence-corrected chi connectivity index (χ3v) is 4.84. The Balaban J connectivity index is 2.66. The van der Waals surface area contributed by atoms with E-state index in [-0.39, 0.29) is 0 Å². The second-order valence-electron chi connectivity index (χ2n) is 3.76. The van der Waals surface area contributed by atoms with Crippen molar-refractivity contribution in [1.29, 1.82) is 0 Å². The molecule has 0 radical (unpaired) electrons. The Hall–Kier alpha value is 0.177. The van der Waals surface area contributed by atoms with Crippen molar-refractivity contribution < 1.29 is 0 Å². The van der Waals surface area contributed by atoms with Crippen LogP contribution in [0, 0.1) is 5.92 Å². The Kier molecular flexibility index (Phi) is 1.70. The molecule has 1 nitrogen and oxygen atoms in total. The molecule has 0 aliphatic carbocycles. The molecule has 2 heteroatoms. The van der Waals surface area contributed by atoms with E-state index < -0.39 is 0 Å². The van der Waals surface area contributed by atoms with Crippen molar-refractivity contribution in [3.63, 3.8) is 0 Å². The van der Waals surface area contributed by atoms with Gasteiger partial charge in [-0.15, -0.1) is 0 Å². The quantitative estimate of drug-likeness (QED) is 0.433. The van der Waals surface area contributed by atoms with E-state index in [0.29, 0.717) is 5.16 Å². The van der Waals surface area contributed by atoms with Crippen LogP contribution in [0.2, 0.25) is 0 Å². The van der Waals surface area contributed by atoms with Gasteiger partial charge in [-0.3, -0.25) is 0 Å². The molecule has 54 valence electrons. The fourth-order valence-corrected chi connectivity index (χ4v) is 1.92. The molecule has 2 atom stereocenters. The van der Waals surface area contributed by atoms with Gasteiger partial charge in [0.25, 0.3) is 0 Å². The van der Waals surface area contributed by atoms with Gasteiger partial charge in [-0.25, -0.2) is 0 Å². The molecular formula is C7H17NSi. The molecule has 2 unspecified atom stereocenters. The maximum Gasteiger partial charge on any atom is 0.0283 e. The van der Waals surface area contributed by atoms with Gasteiger partial charge >= 0.3 is 0 Å². The Labute approximate surface area is 60.9 Å². The lowest BCUT2D eigenvalue weighted by molar-refractivity contribution is 0.254. The van der Waals surface area contributed by atoms with Gasteiger partial charge in [0.15, 0.2) is 0 Å². The van der Waals surface area contributed by atoms with E-state index >= 15 is 0 Å². The van der Waals surface area contributed by atoms with E-state index in [1.54, 1.807) is 0 Å². The van der Waals surface area contributed by atoms with Crippen LogP contribution in [0.25, 0.3) is 0 Å². The van der Waals surface area contributed by atoms with Gasteiger partial charge in [-0.2, -0.15) is 0 Å². The summed E-state index contributed by atoms with van der Waals surface area (Å²) in [5.74, 6) is 0.925. The monoisotopic (exact) mass is 143 g/mol. The zero-order valence-corrected chi connectivity index (χ0v) is 8.94. The van der Waals surface area contributed by atoms with Crippen molar-refractivity contribution >= 4 is 10.2 Å². The number of likely N-dealkylation sites (tertiary alicyclic amines) is 1. The first-order valence-electron chi connectivity index (χ1n) is 3.76. The molecule has 9 heavy (non-hydrogen) atoms. The standard InChI is InChI=1S/C7H17NSi/c1-6-4-5-8(3)7(6,2)9/h6H,4-5H2,1-3,9H3. The lowest BCUT2D eigenvalue weighted by Crippen LogP contribution is -2.42. The molecule has 1 aliphatic rings. The van der Waals surface area contributed by atoms with Crippen LogP contribution in [-0.4, -0.2) is 33.9 Å². The average Bonchev–Trinajstić information content (AvgIpc) is 1.96. The molecule has 0 saturated carbocycles. The first-order chi connectivity index (χ1) is 4.05. The lowest BCUT2D eigenvalue weighted by Gasteiger charge is -2.31. The molecule has 1 fully saturated rings. The first-order valence-corrected chi connectivity index (χ1v) is 4.76. The highest BCUT2D eigenvalue weighted by atomic mass is 28.1. The van der Waals surface area contributed by atoms with Crippen molar-refractivity contribution in [3.05, 3.63) is 0 Å². The summed E-state index contributed by atoms with van der Waals surface area (Å²) in [7, 11) is 3.55. The summed E-state index contributed by atoms with van der Waals surface area (Å²) in [6.07, 6.45) is 1.40. The molecule has 0 aromatic heterocycles. The summed E-state index contributed by atoms with van der Waals surface area (Å²) < 4.78 is 0. The van der Waals surface area contributed by atoms with Crippen molar-refractivity contribution in [2.24, 2.45) is 5.92 Å². The minimum atomic E-state index is 0.583. The molecular weight excluding hydrogens is 126 g/mol. The van der Waals surface area contributed by atoms with Crippen LogP contribution in [0.15, 0.2) is 0 Å². The van der Waals surface area contributed by atoms with Crippen LogP contribution in [0.5, 0.6) is 0 Å². The minimum Gasteiger partial charge on any atom is -0.304 e. The summed E-state index contributed by atoms with van der Waals surface area (Å²) in [6, 6.07) is 0. The molecule has 0 spiro atoms. The molecule has 0 bridgehead atoms. The molecule has 1 aliphatic heterocycles. The van der Waals surface area contributed by atoms with Crippen LogP contribution in [-0.2, 0) is 0 Å². The Morgan fingerprint density at radius 2 is 2.22 bits per heavy atom. The van der Waals surface area contributed by atoms with E-state index in [2.05, 4.69) is 25.8 Å². The third-order valence-electron chi connectivity index (χ3n) is 3.09. The van der Waals surface area contributed by atoms with Gasteiger partial charge in [0.05, 0.1) is 0 Å². The first kappa shape index (κ1) is 7.29. The van der Waals surface area contributed by atoms with Gasteiger partial charge in [-0.05, 0) is 25.9 Å². The Morgan fingerprint density at radius 1 is 1.67 bits per heavy atom. The summed E-state index contributed by atoms with van der Waals surface area (Å²) in [5.41, 5.74) is 0. The predicted molar refractivity (Wildman–Crippen MR) is 44.8 cm³/mol. The highest BCUT2D eigenvalue weighted by Crippen LogP contribution is 2.29. The fraction of sp³-hybridized carbons (Fsp3) is 1.00. The second kappa shape index (κ2) is 2.10. The van der Waals surface area contributed by atoms with Crippen LogP contribution >= 0.6 is 0 Å². The number of nitrogens with zero attached hydrogens (tertiary/aromatic N) is 1. The van der Waals surface area contributed by atoms with Gasteiger partial charge in [0, 0.05) is 15.4 Å². The molecule has 1 saturated heterocycles. The maximum absolute atomic E-state index is 2.50. The molecule has 1 rings (SSSR count). The summed E-state index contributed by atoms with van der Waals surface area (Å²) in [4.78, 5) is 2.50. The van der Waals surface area contributed by atoms with Crippen molar-refractivity contribution in [2.75, 3.05) is 13.6 Å². The van der Waals surface area contributed by atoms with E-state index in [0.717, 1.165) is 5.92 Å². The van der Waals surface area contributed by atoms with Crippen molar-refractivity contribution in [1.82, 2.24) is 4.90 Å². The average molecular weight is 143 g/mol. The maximum atomic E-state index is 2.50. The zero-order valence-electron chi connectivity index (χ0n) is 6.94. The second-order valence-corrected chi connectivity index (χ2v) is 5.79. The number of rotatable bonds is 0. The van der Waals surface area contributed by atoms with Crippen molar-refractivity contribution in [2.45, 2.75) is 25.4 Å². The molecule has 0 aromatic carbocycles. The van der Waals surface area contributed by atoms with Crippen molar-refractivity contribution in [3.8, 4) is 0 Å². The third kappa shape index (κ3) is 1.06. The lowest BCUT2D eigenvalue weighted by atomic mass is 10.0. The topological polar surface area (TPSA) is 3.24 Å². The molecule has 0 aromatic rings. The van der Waals surface area contributed by atoms with Gasteiger partial charge in [0.2, 0.25) is 0 Å². The molecule has 0 amide bonds. The normalized spacial score (nSPS) is 46.3. The highest BCUT2D eigenvalue weighted by Gasteiger charge is 2.35. The minimum absolute atomic E-state index is 0.583. The Morgan fingerprint density at radius 3 is 2.33 bits per heavy atom. The number of hydrogen-bond acceptors (Lipinski definition) is 1. The van der Waals surface area contributed by atoms with E-state index in [4.69, 9.17) is 0 Å². The van der Waals surface area contributed by atoms with Gasteiger partial charge in [0.1, 0.15) is 0 Å². The SMILES string of the molecule is CC1CCN(C)C1(C)[SiH3]. The summed E-state index contributed by atoms with van der Waals surface area (Å²) >= 11 is 0. The molecule has 1 heterocycles. The van der Waals surface area contributed by atoms with Gasteiger partial charge < -0.3 is 4.90 Å². The van der Waals surface area contributed by atoms with Gasteiger partial charge in [-0.1, -0.05) is 13.8 Å². The summed E-state index contributed by atoms with van der Waals surface area (Å²) in [5, 5.41) is 0.583. The molecule has 0 N–H and O–H groups in total. The Bertz CT molecular complexity index is 99.5. The smallest absolute Gasteiger partial charge is 0.0283 e. The van der Waals surface area contributed by atoms with Crippen LogP contribution in [0.4, 0.5) is 0 Å². The van der Waals surface area contributed by atoms with E-state index in [1.165, 1.54) is 23.2 Å². The predicted octanol–water partition coefficient (Wildman–Crippen LogP) is 0.0396. The van der Waals surface area contributed by atoms with Crippen LogP contribution < -0.4 is 0 Å². The highest BCUT2D eigenvalue weighted by molar-refractivity contribution is 6.15. The van der Waals surface area contributed by atoms with Crippen LogP contribution in [0.1, 0.15) is 20.3 Å². The zero-order chi connectivity index (χ0) is 7.07. The van der Waals surface area contributed by atoms with Crippen LogP contribution in [0.3, 0.4) is 0 Å². The van der Waals surface area contributed by atoms with E-state index in [9.17, 15) is 0 Å². The fourth-order valence-electron chi connectivity index (χ4n) is 1.40.